The molecular formula is C17H27ClN2O2. The largest absolute Gasteiger partial charge is 0.497 e. The molecule has 2 rings (SSSR count). The Bertz CT molecular complexity index is 494. The Kier molecular flexibility index (Phi) is 7.69. The third kappa shape index (κ3) is 4.89. The van der Waals surface area contributed by atoms with Gasteiger partial charge in [-0.05, 0) is 62.4 Å². The summed E-state index contributed by atoms with van der Waals surface area (Å²) in [7, 11) is 3.60. The number of aryl methyl sites for hydroxylation is 1. The van der Waals surface area contributed by atoms with E-state index in [1.54, 1.807) is 7.11 Å². The second kappa shape index (κ2) is 9.01. The fourth-order valence-electron chi connectivity index (χ4n) is 2.90. The minimum atomic E-state index is 0. The Hall–Kier alpha value is -1.26. The topological polar surface area (TPSA) is 50.4 Å². The van der Waals surface area contributed by atoms with E-state index in [0.717, 1.165) is 25.0 Å². The van der Waals surface area contributed by atoms with E-state index < -0.39 is 0 Å². The molecule has 1 aromatic carbocycles. The van der Waals surface area contributed by atoms with Gasteiger partial charge in [-0.2, -0.15) is 0 Å². The Morgan fingerprint density at radius 3 is 2.91 bits per heavy atom. The molecular weight excluding hydrogens is 300 g/mol. The van der Waals surface area contributed by atoms with Crippen molar-refractivity contribution < 1.29 is 9.53 Å². The van der Waals surface area contributed by atoms with Crippen molar-refractivity contribution in [1.29, 1.82) is 0 Å². The van der Waals surface area contributed by atoms with Gasteiger partial charge in [0, 0.05) is 19.0 Å². The number of ether oxygens (including phenoxy) is 1. The van der Waals surface area contributed by atoms with Gasteiger partial charge in [0.15, 0.2) is 0 Å². The zero-order chi connectivity index (χ0) is 15.2. The fraction of sp³-hybridized carbons (Fsp3) is 0.588. The number of benzene rings is 1. The van der Waals surface area contributed by atoms with E-state index >= 15 is 0 Å². The zero-order valence-electron chi connectivity index (χ0n) is 13.6. The smallest absolute Gasteiger partial charge is 0.220 e. The molecule has 2 atom stereocenters. The van der Waals surface area contributed by atoms with E-state index in [2.05, 4.69) is 29.7 Å². The normalized spacial score (nSPS) is 17.9. The van der Waals surface area contributed by atoms with Gasteiger partial charge in [0.2, 0.25) is 5.91 Å². The number of methoxy groups -OCH3 is 1. The standard InChI is InChI=1S/C17H26N2O2.ClH/c1-12(18-2)11-19-17(20)10-14-6-4-5-13-9-15(21-3)7-8-16(13)14;/h7-9,12,14,18H,4-6,10-11H2,1-3H3,(H,19,20);1H. The third-order valence-electron chi connectivity index (χ3n) is 4.32. The predicted molar refractivity (Wildman–Crippen MR) is 92.1 cm³/mol. The van der Waals surface area contributed by atoms with Crippen molar-refractivity contribution in [2.75, 3.05) is 20.7 Å². The van der Waals surface area contributed by atoms with Crippen molar-refractivity contribution in [3.8, 4) is 5.75 Å². The lowest BCUT2D eigenvalue weighted by molar-refractivity contribution is -0.121. The molecule has 1 aromatic rings. The van der Waals surface area contributed by atoms with E-state index in [0.29, 0.717) is 24.9 Å². The predicted octanol–water partition coefficient (Wildman–Crippen LogP) is 2.65. The van der Waals surface area contributed by atoms with E-state index in [1.165, 1.54) is 11.1 Å². The first-order valence-electron chi connectivity index (χ1n) is 7.74. The molecule has 0 heterocycles. The molecule has 22 heavy (non-hydrogen) atoms. The highest BCUT2D eigenvalue weighted by Crippen LogP contribution is 2.35. The summed E-state index contributed by atoms with van der Waals surface area (Å²) in [6.45, 7) is 2.74. The Balaban J connectivity index is 0.00000242. The van der Waals surface area contributed by atoms with Crippen LogP contribution in [0.3, 0.4) is 0 Å². The number of hydrogen-bond acceptors (Lipinski definition) is 3. The summed E-state index contributed by atoms with van der Waals surface area (Å²) in [5.74, 6) is 1.39. The molecule has 0 aromatic heterocycles. The lowest BCUT2D eigenvalue weighted by Gasteiger charge is -2.25. The number of likely N-dealkylation sites (N-methyl/N-ethyl adjacent to an activating group) is 1. The second-order valence-corrected chi connectivity index (χ2v) is 5.85. The van der Waals surface area contributed by atoms with Gasteiger partial charge in [-0.15, -0.1) is 12.4 Å². The molecule has 2 N–H and O–H groups in total. The summed E-state index contributed by atoms with van der Waals surface area (Å²) in [4.78, 5) is 12.1. The number of carbonyl (C=O) groups excluding carboxylic acids is 1. The molecule has 1 aliphatic carbocycles. The molecule has 124 valence electrons. The summed E-state index contributed by atoms with van der Waals surface area (Å²) < 4.78 is 5.29. The van der Waals surface area contributed by atoms with Crippen molar-refractivity contribution in [2.45, 2.75) is 44.6 Å². The van der Waals surface area contributed by atoms with E-state index in [1.807, 2.05) is 13.1 Å². The van der Waals surface area contributed by atoms with Crippen molar-refractivity contribution in [3.63, 3.8) is 0 Å². The molecule has 0 aliphatic heterocycles. The third-order valence-corrected chi connectivity index (χ3v) is 4.32. The van der Waals surface area contributed by atoms with Crippen molar-refractivity contribution in [1.82, 2.24) is 10.6 Å². The van der Waals surface area contributed by atoms with Crippen LogP contribution in [0.2, 0.25) is 0 Å². The molecule has 2 unspecified atom stereocenters. The number of carbonyl (C=O) groups is 1. The number of hydrogen-bond donors (Lipinski definition) is 2. The Morgan fingerprint density at radius 2 is 2.23 bits per heavy atom. The Morgan fingerprint density at radius 1 is 1.45 bits per heavy atom. The van der Waals surface area contributed by atoms with Crippen LogP contribution in [0, 0.1) is 0 Å². The minimum Gasteiger partial charge on any atom is -0.497 e. The molecule has 5 heteroatoms. The van der Waals surface area contributed by atoms with E-state index in [9.17, 15) is 4.79 Å². The molecule has 1 amide bonds. The molecule has 0 saturated carbocycles. The number of rotatable bonds is 6. The van der Waals surface area contributed by atoms with Crippen LogP contribution in [0.15, 0.2) is 18.2 Å². The number of fused-ring (bicyclic) bond motifs is 1. The number of amides is 1. The van der Waals surface area contributed by atoms with Gasteiger partial charge in [0.25, 0.3) is 0 Å². The highest BCUT2D eigenvalue weighted by molar-refractivity contribution is 5.85. The van der Waals surface area contributed by atoms with Gasteiger partial charge >= 0.3 is 0 Å². The van der Waals surface area contributed by atoms with Crippen molar-refractivity contribution in [3.05, 3.63) is 29.3 Å². The SMILES string of the molecule is CNC(C)CNC(=O)CC1CCCc2cc(OC)ccc21.Cl. The van der Waals surface area contributed by atoms with Gasteiger partial charge in [0.1, 0.15) is 5.75 Å². The van der Waals surface area contributed by atoms with Crippen LogP contribution in [0.25, 0.3) is 0 Å². The summed E-state index contributed by atoms with van der Waals surface area (Å²) in [5, 5.41) is 6.13. The monoisotopic (exact) mass is 326 g/mol. The summed E-state index contributed by atoms with van der Waals surface area (Å²) in [5.41, 5.74) is 2.65. The molecule has 4 nitrogen and oxygen atoms in total. The highest BCUT2D eigenvalue weighted by atomic mass is 35.5. The second-order valence-electron chi connectivity index (χ2n) is 5.85. The van der Waals surface area contributed by atoms with Gasteiger partial charge in [0.05, 0.1) is 7.11 Å². The van der Waals surface area contributed by atoms with Crippen LogP contribution in [0.1, 0.15) is 43.2 Å². The average Bonchev–Trinajstić information content (AvgIpc) is 2.52. The molecule has 0 bridgehead atoms. The molecule has 0 fully saturated rings. The molecule has 1 aliphatic rings. The van der Waals surface area contributed by atoms with Gasteiger partial charge in [-0.1, -0.05) is 6.07 Å². The summed E-state index contributed by atoms with van der Waals surface area (Å²) in [6, 6.07) is 6.54. The van der Waals surface area contributed by atoms with Gasteiger partial charge in [-0.3, -0.25) is 4.79 Å². The first-order chi connectivity index (χ1) is 10.1. The fourth-order valence-corrected chi connectivity index (χ4v) is 2.90. The van der Waals surface area contributed by atoms with E-state index in [4.69, 9.17) is 4.74 Å². The van der Waals surface area contributed by atoms with Crippen LogP contribution < -0.4 is 15.4 Å². The number of nitrogens with one attached hydrogen (secondary N) is 2. The highest BCUT2D eigenvalue weighted by Gasteiger charge is 2.23. The first kappa shape index (κ1) is 18.8. The lowest BCUT2D eigenvalue weighted by Crippen LogP contribution is -2.37. The Labute approximate surface area is 139 Å². The van der Waals surface area contributed by atoms with Crippen LogP contribution in [0.5, 0.6) is 5.75 Å². The maximum Gasteiger partial charge on any atom is 0.220 e. The maximum absolute atomic E-state index is 12.1. The summed E-state index contributed by atoms with van der Waals surface area (Å²) in [6.07, 6.45) is 3.90. The van der Waals surface area contributed by atoms with Gasteiger partial charge < -0.3 is 15.4 Å². The molecule has 0 radical (unpaired) electrons. The molecule has 0 saturated heterocycles. The number of halogens is 1. The first-order valence-corrected chi connectivity index (χ1v) is 7.74. The van der Waals surface area contributed by atoms with Crippen LogP contribution in [0.4, 0.5) is 0 Å². The minimum absolute atomic E-state index is 0. The zero-order valence-corrected chi connectivity index (χ0v) is 14.5. The maximum atomic E-state index is 12.1. The van der Waals surface area contributed by atoms with Crippen LogP contribution in [-0.2, 0) is 11.2 Å². The summed E-state index contributed by atoms with van der Waals surface area (Å²) >= 11 is 0. The van der Waals surface area contributed by atoms with Crippen LogP contribution >= 0.6 is 12.4 Å². The average molecular weight is 327 g/mol. The quantitative estimate of drug-likeness (QED) is 0.845. The van der Waals surface area contributed by atoms with Crippen molar-refractivity contribution >= 4 is 18.3 Å². The van der Waals surface area contributed by atoms with E-state index in [-0.39, 0.29) is 18.3 Å². The van der Waals surface area contributed by atoms with Crippen molar-refractivity contribution in [2.24, 2.45) is 0 Å². The van der Waals surface area contributed by atoms with Gasteiger partial charge in [-0.25, -0.2) is 0 Å². The van der Waals surface area contributed by atoms with Crippen LogP contribution in [-0.4, -0.2) is 32.7 Å². The molecule has 0 spiro atoms. The lowest BCUT2D eigenvalue weighted by atomic mass is 9.81.